The van der Waals surface area contributed by atoms with Gasteiger partial charge in [-0.2, -0.15) is 0 Å². The molecule has 0 aromatic carbocycles. The Labute approximate surface area is 154 Å². The van der Waals surface area contributed by atoms with Gasteiger partial charge in [0.15, 0.2) is 5.78 Å². The molecule has 0 aromatic heterocycles. The van der Waals surface area contributed by atoms with Gasteiger partial charge >= 0.3 is 5.97 Å². The van der Waals surface area contributed by atoms with Crippen molar-refractivity contribution in [2.24, 2.45) is 5.92 Å². The van der Waals surface area contributed by atoms with E-state index < -0.39 is 47.7 Å². The third-order valence-corrected chi connectivity index (χ3v) is 3.58. The van der Waals surface area contributed by atoms with Crippen molar-refractivity contribution in [2.75, 3.05) is 13.7 Å². The van der Waals surface area contributed by atoms with Crippen molar-refractivity contribution in [1.29, 1.82) is 0 Å². The van der Waals surface area contributed by atoms with Crippen LogP contribution in [0.4, 0.5) is 0 Å². The minimum absolute atomic E-state index is 0.346. The molecule has 0 aromatic rings. The lowest BCUT2D eigenvalue weighted by Crippen LogP contribution is -2.52. The third-order valence-electron chi connectivity index (χ3n) is 3.58. The van der Waals surface area contributed by atoms with Crippen LogP contribution in [0.5, 0.6) is 0 Å². The van der Waals surface area contributed by atoms with E-state index in [2.05, 4.69) is 15.4 Å². The van der Waals surface area contributed by atoms with E-state index in [1.165, 1.54) is 6.92 Å². The summed E-state index contributed by atoms with van der Waals surface area (Å²) in [6, 6.07) is -0.643. The zero-order valence-corrected chi connectivity index (χ0v) is 16.4. The minimum Gasteiger partial charge on any atom is -0.468 e. The van der Waals surface area contributed by atoms with Gasteiger partial charge in [-0.1, -0.05) is 13.3 Å². The second-order valence-corrected chi connectivity index (χ2v) is 7.21. The summed E-state index contributed by atoms with van der Waals surface area (Å²) >= 11 is 0. The quantitative estimate of drug-likeness (QED) is 0.310. The maximum atomic E-state index is 12.3. The van der Waals surface area contributed by atoms with Gasteiger partial charge < -0.3 is 15.4 Å². The smallest absolute Gasteiger partial charge is 0.316 e. The summed E-state index contributed by atoms with van der Waals surface area (Å²) < 4.78 is 4.48. The van der Waals surface area contributed by atoms with Crippen molar-refractivity contribution < 1.29 is 28.7 Å². The second-order valence-electron chi connectivity index (χ2n) is 7.21. The highest BCUT2D eigenvalue weighted by molar-refractivity contribution is 6.38. The summed E-state index contributed by atoms with van der Waals surface area (Å²) in [6.07, 6.45) is 0.826. The Morgan fingerprint density at radius 1 is 1.08 bits per heavy atom. The predicted octanol–water partition coefficient (Wildman–Crippen LogP) is 0.566. The third kappa shape index (κ3) is 8.84. The molecule has 0 saturated carbocycles. The Balaban J connectivity index is 4.74. The average molecular weight is 370 g/mol. The summed E-state index contributed by atoms with van der Waals surface area (Å²) in [7, 11) is 1.12. The Kier molecular flexibility index (Phi) is 9.93. The molecule has 0 bridgehead atoms. The highest BCUT2D eigenvalue weighted by Gasteiger charge is 2.30. The fraction of sp³-hybridized carbons (Fsp3) is 0.722. The van der Waals surface area contributed by atoms with Gasteiger partial charge in [0, 0.05) is 12.0 Å². The number of hydrogen-bond acceptors (Lipinski definition) is 7. The molecule has 2 atom stereocenters. The van der Waals surface area contributed by atoms with Crippen molar-refractivity contribution in [3.63, 3.8) is 0 Å². The molecule has 0 heterocycles. The van der Waals surface area contributed by atoms with Crippen LogP contribution >= 0.6 is 0 Å². The van der Waals surface area contributed by atoms with Crippen molar-refractivity contribution in [3.05, 3.63) is 0 Å². The summed E-state index contributed by atoms with van der Waals surface area (Å²) in [5.74, 6) is -4.55. The number of ketones is 3. The van der Waals surface area contributed by atoms with Crippen molar-refractivity contribution >= 4 is 29.2 Å². The zero-order valence-electron chi connectivity index (χ0n) is 16.4. The van der Waals surface area contributed by atoms with Gasteiger partial charge in [-0.25, -0.2) is 0 Å². The van der Waals surface area contributed by atoms with E-state index in [4.69, 9.17) is 0 Å². The molecule has 0 aliphatic rings. The molecule has 148 valence electrons. The lowest BCUT2D eigenvalue weighted by atomic mass is 9.98. The molecule has 1 amide bonds. The Hall–Kier alpha value is -2.09. The number of rotatable bonds is 11. The van der Waals surface area contributed by atoms with E-state index in [9.17, 15) is 24.0 Å². The Morgan fingerprint density at radius 2 is 1.65 bits per heavy atom. The number of carbonyl (C=O) groups excluding carboxylic acids is 5. The number of Topliss-reactive ketones (excluding diaryl/α,β-unsaturated/α-hetero) is 3. The van der Waals surface area contributed by atoms with Crippen LogP contribution < -0.4 is 10.6 Å². The number of nitrogens with one attached hydrogen (secondary N) is 2. The monoisotopic (exact) mass is 370 g/mol. The van der Waals surface area contributed by atoms with Gasteiger partial charge in [0.05, 0.1) is 19.7 Å². The van der Waals surface area contributed by atoms with Crippen LogP contribution in [0.3, 0.4) is 0 Å². The fourth-order valence-electron chi connectivity index (χ4n) is 2.34. The minimum atomic E-state index is -1.20. The number of ether oxygens (including phenoxy) is 1. The van der Waals surface area contributed by atoms with E-state index in [1.54, 1.807) is 0 Å². The molecule has 0 rings (SSSR count). The Bertz CT molecular complexity index is 550. The van der Waals surface area contributed by atoms with E-state index in [0.717, 1.165) is 7.11 Å². The number of esters is 1. The largest absolute Gasteiger partial charge is 0.468 e. The highest BCUT2D eigenvalue weighted by Crippen LogP contribution is 2.09. The van der Waals surface area contributed by atoms with Crippen LogP contribution in [0.15, 0.2) is 0 Å². The first-order valence-corrected chi connectivity index (χ1v) is 8.62. The summed E-state index contributed by atoms with van der Waals surface area (Å²) in [4.78, 5) is 59.2. The van der Waals surface area contributed by atoms with Gasteiger partial charge in [-0.15, -0.1) is 0 Å². The molecule has 0 aliphatic heterocycles. The number of carbonyl (C=O) groups is 5. The summed E-state index contributed by atoms with van der Waals surface area (Å²) in [5.41, 5.74) is -0.346. The molecule has 0 fully saturated rings. The van der Waals surface area contributed by atoms with Crippen molar-refractivity contribution in [1.82, 2.24) is 10.6 Å². The molecule has 8 nitrogen and oxygen atoms in total. The lowest BCUT2D eigenvalue weighted by Gasteiger charge is -2.27. The van der Waals surface area contributed by atoms with Crippen molar-refractivity contribution in [2.45, 2.75) is 65.5 Å². The molecular formula is C18H30N2O6. The molecular weight excluding hydrogens is 340 g/mol. The van der Waals surface area contributed by atoms with E-state index in [1.807, 2.05) is 27.7 Å². The van der Waals surface area contributed by atoms with Crippen LogP contribution in [0.25, 0.3) is 0 Å². The summed E-state index contributed by atoms with van der Waals surface area (Å²) in [6.45, 7) is 8.32. The van der Waals surface area contributed by atoms with Gasteiger partial charge in [0.1, 0.15) is 11.7 Å². The van der Waals surface area contributed by atoms with E-state index in [0.29, 0.717) is 12.8 Å². The standard InChI is InChI=1S/C18H30N2O6/c1-7-8-14(20-18(3,4)5)15(23)16(24)19-10-12(22)9-13(11(2)21)17(25)26-6/h13-14,20H,7-10H2,1-6H3,(H,19,24). The molecule has 2 unspecified atom stereocenters. The van der Waals surface area contributed by atoms with Crippen LogP contribution in [0.1, 0.15) is 53.9 Å². The lowest BCUT2D eigenvalue weighted by molar-refractivity contribution is -0.150. The Morgan fingerprint density at radius 3 is 2.08 bits per heavy atom. The van der Waals surface area contributed by atoms with Crippen LogP contribution in [0.2, 0.25) is 0 Å². The van der Waals surface area contributed by atoms with Crippen LogP contribution in [-0.2, 0) is 28.7 Å². The van der Waals surface area contributed by atoms with E-state index in [-0.39, 0.29) is 12.0 Å². The van der Waals surface area contributed by atoms with Gasteiger partial charge in [0.25, 0.3) is 5.91 Å². The molecule has 0 saturated heterocycles. The number of amides is 1. The van der Waals surface area contributed by atoms with E-state index >= 15 is 0 Å². The number of methoxy groups -OCH3 is 1. The van der Waals surface area contributed by atoms with Crippen LogP contribution in [0, 0.1) is 5.92 Å². The predicted molar refractivity (Wildman–Crippen MR) is 95.4 cm³/mol. The highest BCUT2D eigenvalue weighted by atomic mass is 16.5. The molecule has 0 radical (unpaired) electrons. The average Bonchev–Trinajstić information content (AvgIpc) is 2.54. The first-order valence-electron chi connectivity index (χ1n) is 8.62. The van der Waals surface area contributed by atoms with Gasteiger partial charge in [-0.05, 0) is 34.1 Å². The molecule has 0 aliphatic carbocycles. The van der Waals surface area contributed by atoms with Crippen molar-refractivity contribution in [3.8, 4) is 0 Å². The molecule has 0 spiro atoms. The summed E-state index contributed by atoms with van der Waals surface area (Å²) in [5, 5.41) is 5.36. The van der Waals surface area contributed by atoms with Gasteiger partial charge in [-0.3, -0.25) is 24.0 Å². The molecule has 8 heteroatoms. The normalized spacial score (nSPS) is 13.5. The first kappa shape index (κ1) is 23.9. The van der Waals surface area contributed by atoms with Gasteiger partial charge in [0.2, 0.25) is 5.78 Å². The second kappa shape index (κ2) is 10.8. The van der Waals surface area contributed by atoms with Crippen LogP contribution in [-0.4, -0.2) is 54.5 Å². The first-order chi connectivity index (χ1) is 11.9. The SMILES string of the molecule is CCCC(NC(C)(C)C)C(=O)C(=O)NCC(=O)CC(C(C)=O)C(=O)OC. The number of hydrogen-bond donors (Lipinski definition) is 2. The maximum Gasteiger partial charge on any atom is 0.316 e. The maximum absolute atomic E-state index is 12.3. The molecule has 26 heavy (non-hydrogen) atoms. The topological polar surface area (TPSA) is 119 Å². The fourth-order valence-corrected chi connectivity index (χ4v) is 2.34. The molecule has 2 N–H and O–H groups in total. The zero-order chi connectivity index (χ0) is 20.5.